The fraction of sp³-hybridized carbons (Fsp3) is 0.556. The third-order valence-corrected chi connectivity index (χ3v) is 6.36. The van der Waals surface area contributed by atoms with Crippen LogP contribution in [0.25, 0.3) is 0 Å². The van der Waals surface area contributed by atoms with Crippen LogP contribution in [0.2, 0.25) is 0 Å². The van der Waals surface area contributed by atoms with E-state index in [1.807, 2.05) is 13.8 Å². The van der Waals surface area contributed by atoms with Gasteiger partial charge in [0.2, 0.25) is 15.9 Å². The van der Waals surface area contributed by atoms with Crippen molar-refractivity contribution in [3.05, 3.63) is 29.8 Å². The summed E-state index contributed by atoms with van der Waals surface area (Å²) in [5.41, 5.74) is 0.378. The van der Waals surface area contributed by atoms with Gasteiger partial charge in [-0.3, -0.25) is 9.59 Å². The maximum atomic E-state index is 12.8. The molecule has 2 rings (SSSR count). The van der Waals surface area contributed by atoms with Crippen molar-refractivity contribution in [2.75, 3.05) is 26.2 Å². The smallest absolute Gasteiger partial charge is 0.254 e. The molecule has 0 radical (unpaired) electrons. The van der Waals surface area contributed by atoms with Crippen LogP contribution in [-0.2, 0) is 14.8 Å². The summed E-state index contributed by atoms with van der Waals surface area (Å²) in [4.78, 5) is 26.1. The number of hydrogen-bond donors (Lipinski definition) is 1. The van der Waals surface area contributed by atoms with E-state index in [4.69, 9.17) is 0 Å². The molecule has 1 aliphatic heterocycles. The molecule has 8 heteroatoms. The molecule has 1 unspecified atom stereocenters. The van der Waals surface area contributed by atoms with E-state index in [-0.39, 0.29) is 16.7 Å². The molecule has 144 valence electrons. The summed E-state index contributed by atoms with van der Waals surface area (Å²) in [6, 6.07) is 5.43. The lowest BCUT2D eigenvalue weighted by molar-refractivity contribution is -0.127. The summed E-state index contributed by atoms with van der Waals surface area (Å²) >= 11 is 0. The molecular weight excluding hydrogens is 354 g/mol. The quantitative estimate of drug-likeness (QED) is 0.775. The lowest BCUT2D eigenvalue weighted by Gasteiger charge is -2.32. The summed E-state index contributed by atoms with van der Waals surface area (Å²) < 4.78 is 27.0. The molecular formula is C18H27N3O4S. The van der Waals surface area contributed by atoms with E-state index in [1.165, 1.54) is 33.5 Å². The minimum Gasteiger partial charge on any atom is -0.353 e. The predicted octanol–water partition coefficient (Wildman–Crippen LogP) is 1.46. The van der Waals surface area contributed by atoms with Crippen molar-refractivity contribution >= 4 is 21.8 Å². The molecule has 1 aromatic carbocycles. The Bertz CT molecular complexity index is 740. The van der Waals surface area contributed by atoms with Crippen LogP contribution >= 0.6 is 0 Å². The molecule has 7 nitrogen and oxygen atoms in total. The van der Waals surface area contributed by atoms with Crippen LogP contribution < -0.4 is 5.32 Å². The Morgan fingerprint density at radius 2 is 1.77 bits per heavy atom. The van der Waals surface area contributed by atoms with Crippen LogP contribution in [0.1, 0.15) is 44.0 Å². The minimum absolute atomic E-state index is 0.181. The van der Waals surface area contributed by atoms with E-state index in [9.17, 15) is 18.0 Å². The van der Waals surface area contributed by atoms with Gasteiger partial charge in [0.1, 0.15) is 6.04 Å². The molecule has 1 heterocycles. The number of carbonyl (C=O) groups is 2. The van der Waals surface area contributed by atoms with Crippen LogP contribution in [0.4, 0.5) is 0 Å². The zero-order chi connectivity index (χ0) is 19.3. The maximum absolute atomic E-state index is 12.8. The van der Waals surface area contributed by atoms with Crippen molar-refractivity contribution < 1.29 is 18.0 Å². The van der Waals surface area contributed by atoms with Crippen LogP contribution in [0.3, 0.4) is 0 Å². The zero-order valence-electron chi connectivity index (χ0n) is 15.6. The predicted molar refractivity (Wildman–Crippen MR) is 99.3 cm³/mol. The maximum Gasteiger partial charge on any atom is 0.254 e. The summed E-state index contributed by atoms with van der Waals surface area (Å²) in [7, 11) is -3.57. The molecule has 0 aliphatic carbocycles. The van der Waals surface area contributed by atoms with Crippen molar-refractivity contribution in [1.29, 1.82) is 0 Å². The van der Waals surface area contributed by atoms with E-state index in [1.54, 1.807) is 6.92 Å². The van der Waals surface area contributed by atoms with E-state index in [2.05, 4.69) is 5.32 Å². The van der Waals surface area contributed by atoms with E-state index < -0.39 is 16.1 Å². The van der Waals surface area contributed by atoms with Crippen molar-refractivity contribution in [3.8, 4) is 0 Å². The SMILES string of the molecule is CCCN(CCC)S(=O)(=O)c1ccc(C(=O)N2CCNC(=O)C2C)cc1. The normalized spacial score (nSPS) is 18.1. The van der Waals surface area contributed by atoms with Gasteiger partial charge in [0.25, 0.3) is 5.91 Å². The second kappa shape index (κ2) is 8.64. The highest BCUT2D eigenvalue weighted by atomic mass is 32.2. The second-order valence-electron chi connectivity index (χ2n) is 6.39. The summed E-state index contributed by atoms with van der Waals surface area (Å²) in [5, 5.41) is 2.72. The van der Waals surface area contributed by atoms with E-state index >= 15 is 0 Å². The standard InChI is InChI=1S/C18H27N3O4S/c1-4-11-20(12-5-2)26(24,25)16-8-6-15(7-9-16)18(23)21-13-10-19-17(22)14(21)3/h6-9,14H,4-5,10-13H2,1-3H3,(H,19,22). The number of sulfonamides is 1. The fourth-order valence-corrected chi connectivity index (χ4v) is 4.62. The van der Waals surface area contributed by atoms with Gasteiger partial charge < -0.3 is 10.2 Å². The van der Waals surface area contributed by atoms with Crippen molar-refractivity contribution in [2.45, 2.75) is 44.6 Å². The van der Waals surface area contributed by atoms with Gasteiger partial charge in [0.05, 0.1) is 4.90 Å². The largest absolute Gasteiger partial charge is 0.353 e. The topological polar surface area (TPSA) is 86.8 Å². The van der Waals surface area contributed by atoms with Crippen molar-refractivity contribution in [2.24, 2.45) is 0 Å². The number of piperazine rings is 1. The minimum atomic E-state index is -3.57. The number of rotatable bonds is 7. The highest BCUT2D eigenvalue weighted by Crippen LogP contribution is 2.19. The number of carbonyl (C=O) groups excluding carboxylic acids is 2. The van der Waals surface area contributed by atoms with Crippen LogP contribution in [0.5, 0.6) is 0 Å². The number of amides is 2. The molecule has 2 amide bonds. The first-order valence-electron chi connectivity index (χ1n) is 9.01. The molecule has 1 atom stereocenters. The third-order valence-electron chi connectivity index (χ3n) is 4.44. The first-order chi connectivity index (χ1) is 12.3. The van der Waals surface area contributed by atoms with Gasteiger partial charge in [-0.25, -0.2) is 8.42 Å². The number of benzene rings is 1. The summed E-state index contributed by atoms with van der Waals surface area (Å²) in [6.45, 7) is 7.36. The Balaban J connectivity index is 2.21. The molecule has 0 bridgehead atoms. The lowest BCUT2D eigenvalue weighted by Crippen LogP contribution is -2.55. The van der Waals surface area contributed by atoms with Crippen molar-refractivity contribution in [1.82, 2.24) is 14.5 Å². The number of nitrogens with one attached hydrogen (secondary N) is 1. The van der Waals surface area contributed by atoms with Gasteiger partial charge in [-0.05, 0) is 44.0 Å². The summed E-state index contributed by atoms with van der Waals surface area (Å²) in [6.07, 6.45) is 1.48. The average Bonchev–Trinajstić information content (AvgIpc) is 2.63. The molecule has 1 aliphatic rings. The second-order valence-corrected chi connectivity index (χ2v) is 8.33. The molecule has 0 saturated carbocycles. The van der Waals surface area contributed by atoms with Gasteiger partial charge in [-0.1, -0.05) is 13.8 Å². The Labute approximate surface area is 155 Å². The Morgan fingerprint density at radius 3 is 2.31 bits per heavy atom. The molecule has 26 heavy (non-hydrogen) atoms. The molecule has 1 aromatic rings. The van der Waals surface area contributed by atoms with Gasteiger partial charge in [-0.15, -0.1) is 0 Å². The molecule has 0 spiro atoms. The molecule has 1 fully saturated rings. The van der Waals surface area contributed by atoms with E-state index in [0.29, 0.717) is 31.7 Å². The van der Waals surface area contributed by atoms with E-state index in [0.717, 1.165) is 12.8 Å². The monoisotopic (exact) mass is 381 g/mol. The third kappa shape index (κ3) is 4.24. The van der Waals surface area contributed by atoms with Crippen LogP contribution in [0.15, 0.2) is 29.2 Å². The summed E-state index contributed by atoms with van der Waals surface area (Å²) in [5.74, 6) is -0.450. The van der Waals surface area contributed by atoms with Gasteiger partial charge in [0.15, 0.2) is 0 Å². The molecule has 1 saturated heterocycles. The van der Waals surface area contributed by atoms with Gasteiger partial charge in [0, 0.05) is 31.7 Å². The Morgan fingerprint density at radius 1 is 1.19 bits per heavy atom. The highest BCUT2D eigenvalue weighted by Gasteiger charge is 2.30. The number of hydrogen-bond acceptors (Lipinski definition) is 4. The molecule has 1 N–H and O–H groups in total. The molecule has 0 aromatic heterocycles. The number of nitrogens with zero attached hydrogens (tertiary/aromatic N) is 2. The highest BCUT2D eigenvalue weighted by molar-refractivity contribution is 7.89. The first-order valence-corrected chi connectivity index (χ1v) is 10.5. The Kier molecular flexibility index (Phi) is 6.77. The average molecular weight is 381 g/mol. The van der Waals surface area contributed by atoms with Gasteiger partial charge >= 0.3 is 0 Å². The fourth-order valence-electron chi connectivity index (χ4n) is 3.00. The van der Waals surface area contributed by atoms with Crippen molar-refractivity contribution in [3.63, 3.8) is 0 Å². The van der Waals surface area contributed by atoms with Crippen LogP contribution in [0, 0.1) is 0 Å². The van der Waals surface area contributed by atoms with Crippen LogP contribution in [-0.4, -0.2) is 61.7 Å². The van der Waals surface area contributed by atoms with Gasteiger partial charge in [-0.2, -0.15) is 4.31 Å². The zero-order valence-corrected chi connectivity index (χ0v) is 16.4. The Hall–Kier alpha value is -1.93. The lowest BCUT2D eigenvalue weighted by atomic mass is 10.1. The first kappa shape index (κ1) is 20.4.